The van der Waals surface area contributed by atoms with Crippen LogP contribution in [-0.2, 0) is 4.79 Å². The second-order valence-corrected chi connectivity index (χ2v) is 4.63. The van der Waals surface area contributed by atoms with Gasteiger partial charge in [-0.15, -0.1) is 0 Å². The van der Waals surface area contributed by atoms with E-state index in [0.717, 1.165) is 24.6 Å². The summed E-state index contributed by atoms with van der Waals surface area (Å²) in [5, 5.41) is 9.28. The van der Waals surface area contributed by atoms with Gasteiger partial charge in [-0.25, -0.2) is 4.98 Å². The molecule has 0 spiro atoms. The number of aromatic nitrogens is 1. The normalized spacial score (nSPS) is 17.7. The highest BCUT2D eigenvalue weighted by Crippen LogP contribution is 2.14. The molecule has 1 saturated heterocycles. The van der Waals surface area contributed by atoms with Crippen molar-refractivity contribution in [2.75, 3.05) is 31.1 Å². The van der Waals surface area contributed by atoms with Gasteiger partial charge in [0.25, 0.3) is 5.91 Å². The third-order valence-corrected chi connectivity index (χ3v) is 3.15. The number of carbonyl (C=O) groups excluding carboxylic acids is 1. The maximum absolute atomic E-state index is 11.6. The van der Waals surface area contributed by atoms with Gasteiger partial charge in [0.05, 0.1) is 0 Å². The number of nitrogens with zero attached hydrogens (tertiary/aromatic N) is 3. The number of amides is 1. The standard InChI is InChI=1S/C13H19N3O2/c1-10-4-3-5-12(14-10)15-6-8-16(9-7-15)13(18)11(2)17/h3-5,11,17H,6-9H2,1-2H3. The molecule has 5 heteroatoms. The van der Waals surface area contributed by atoms with Gasteiger partial charge in [0.15, 0.2) is 0 Å². The SMILES string of the molecule is Cc1cccc(N2CCN(C(=O)C(C)O)CC2)n1. The van der Waals surface area contributed by atoms with Gasteiger partial charge in [-0.2, -0.15) is 0 Å². The first-order chi connectivity index (χ1) is 8.58. The predicted molar refractivity (Wildman–Crippen MR) is 69.4 cm³/mol. The summed E-state index contributed by atoms with van der Waals surface area (Å²) in [6, 6.07) is 5.95. The van der Waals surface area contributed by atoms with Crippen LogP contribution in [0.15, 0.2) is 18.2 Å². The number of piperazine rings is 1. The Bertz CT molecular complexity index is 426. The van der Waals surface area contributed by atoms with Crippen LogP contribution in [0, 0.1) is 6.92 Å². The highest BCUT2D eigenvalue weighted by molar-refractivity contribution is 5.80. The minimum atomic E-state index is -0.909. The molecule has 1 N–H and O–H groups in total. The molecule has 1 aromatic rings. The molecular formula is C13H19N3O2. The van der Waals surface area contributed by atoms with Gasteiger partial charge in [-0.05, 0) is 26.0 Å². The van der Waals surface area contributed by atoms with Crippen LogP contribution in [-0.4, -0.2) is 53.2 Å². The Morgan fingerprint density at radius 3 is 2.56 bits per heavy atom. The van der Waals surface area contributed by atoms with Crippen molar-refractivity contribution in [3.05, 3.63) is 23.9 Å². The molecule has 0 aromatic carbocycles. The van der Waals surface area contributed by atoms with Crippen molar-refractivity contribution >= 4 is 11.7 Å². The Morgan fingerprint density at radius 2 is 2.00 bits per heavy atom. The Hall–Kier alpha value is -1.62. The largest absolute Gasteiger partial charge is 0.384 e. The Balaban J connectivity index is 1.96. The van der Waals surface area contributed by atoms with E-state index >= 15 is 0 Å². The molecule has 2 rings (SSSR count). The molecule has 1 aliphatic heterocycles. The van der Waals surface area contributed by atoms with E-state index in [2.05, 4.69) is 9.88 Å². The molecule has 1 aromatic heterocycles. The van der Waals surface area contributed by atoms with Crippen molar-refractivity contribution in [1.29, 1.82) is 0 Å². The van der Waals surface area contributed by atoms with Crippen LogP contribution >= 0.6 is 0 Å². The molecule has 0 aliphatic carbocycles. The van der Waals surface area contributed by atoms with Gasteiger partial charge in [-0.3, -0.25) is 4.79 Å². The van der Waals surface area contributed by atoms with Crippen LogP contribution in [0.4, 0.5) is 5.82 Å². The number of hydrogen-bond donors (Lipinski definition) is 1. The number of aliphatic hydroxyl groups excluding tert-OH is 1. The Kier molecular flexibility index (Phi) is 3.81. The van der Waals surface area contributed by atoms with Gasteiger partial charge in [-0.1, -0.05) is 6.07 Å². The smallest absolute Gasteiger partial charge is 0.251 e. The summed E-state index contributed by atoms with van der Waals surface area (Å²) < 4.78 is 0. The monoisotopic (exact) mass is 249 g/mol. The molecule has 0 bridgehead atoms. The minimum Gasteiger partial charge on any atom is -0.384 e. The first kappa shape index (κ1) is 12.8. The topological polar surface area (TPSA) is 56.7 Å². The summed E-state index contributed by atoms with van der Waals surface area (Å²) in [6.45, 7) is 6.27. The van der Waals surface area contributed by atoms with Crippen LogP contribution < -0.4 is 4.90 Å². The fraction of sp³-hybridized carbons (Fsp3) is 0.538. The average molecular weight is 249 g/mol. The van der Waals surface area contributed by atoms with Crippen molar-refractivity contribution in [1.82, 2.24) is 9.88 Å². The zero-order chi connectivity index (χ0) is 13.1. The summed E-state index contributed by atoms with van der Waals surface area (Å²) >= 11 is 0. The van der Waals surface area contributed by atoms with E-state index in [9.17, 15) is 9.90 Å². The first-order valence-corrected chi connectivity index (χ1v) is 6.23. The third-order valence-electron chi connectivity index (χ3n) is 3.15. The minimum absolute atomic E-state index is 0.188. The molecule has 0 saturated carbocycles. The van der Waals surface area contributed by atoms with Crippen LogP contribution in [0.5, 0.6) is 0 Å². The van der Waals surface area contributed by atoms with E-state index in [0.29, 0.717) is 13.1 Å². The molecule has 18 heavy (non-hydrogen) atoms. The van der Waals surface area contributed by atoms with Gasteiger partial charge in [0.1, 0.15) is 11.9 Å². The number of anilines is 1. The summed E-state index contributed by atoms with van der Waals surface area (Å²) in [6.07, 6.45) is -0.909. The van der Waals surface area contributed by atoms with E-state index in [1.807, 2.05) is 25.1 Å². The quantitative estimate of drug-likeness (QED) is 0.825. The maximum Gasteiger partial charge on any atom is 0.251 e. The van der Waals surface area contributed by atoms with E-state index < -0.39 is 6.10 Å². The summed E-state index contributed by atoms with van der Waals surface area (Å²) in [5.74, 6) is 0.769. The molecule has 5 nitrogen and oxygen atoms in total. The number of pyridine rings is 1. The molecule has 1 amide bonds. The van der Waals surface area contributed by atoms with E-state index in [1.165, 1.54) is 6.92 Å². The van der Waals surface area contributed by atoms with Crippen LogP contribution in [0.3, 0.4) is 0 Å². The van der Waals surface area contributed by atoms with Crippen LogP contribution in [0.2, 0.25) is 0 Å². The fourth-order valence-corrected chi connectivity index (χ4v) is 2.12. The lowest BCUT2D eigenvalue weighted by Gasteiger charge is -2.36. The zero-order valence-corrected chi connectivity index (χ0v) is 10.8. The lowest BCUT2D eigenvalue weighted by atomic mass is 10.2. The van der Waals surface area contributed by atoms with Gasteiger partial charge in [0, 0.05) is 31.9 Å². The summed E-state index contributed by atoms with van der Waals surface area (Å²) in [7, 11) is 0. The van der Waals surface area contributed by atoms with E-state index in [-0.39, 0.29) is 5.91 Å². The van der Waals surface area contributed by atoms with Crippen molar-refractivity contribution in [3.8, 4) is 0 Å². The number of rotatable bonds is 2. The Morgan fingerprint density at radius 1 is 1.33 bits per heavy atom. The van der Waals surface area contributed by atoms with Gasteiger partial charge < -0.3 is 14.9 Å². The molecule has 1 atom stereocenters. The van der Waals surface area contributed by atoms with Crippen molar-refractivity contribution in [2.24, 2.45) is 0 Å². The molecule has 1 unspecified atom stereocenters. The molecule has 1 aliphatic rings. The van der Waals surface area contributed by atoms with Crippen molar-refractivity contribution in [2.45, 2.75) is 20.0 Å². The average Bonchev–Trinajstić information content (AvgIpc) is 2.38. The van der Waals surface area contributed by atoms with E-state index in [1.54, 1.807) is 4.90 Å². The van der Waals surface area contributed by atoms with Crippen LogP contribution in [0.25, 0.3) is 0 Å². The number of aliphatic hydroxyl groups is 1. The van der Waals surface area contributed by atoms with Gasteiger partial charge in [0.2, 0.25) is 0 Å². The van der Waals surface area contributed by atoms with Crippen molar-refractivity contribution < 1.29 is 9.90 Å². The highest BCUT2D eigenvalue weighted by Gasteiger charge is 2.24. The second kappa shape index (κ2) is 5.35. The third kappa shape index (κ3) is 2.79. The van der Waals surface area contributed by atoms with E-state index in [4.69, 9.17) is 0 Å². The van der Waals surface area contributed by atoms with Crippen molar-refractivity contribution in [3.63, 3.8) is 0 Å². The molecular weight excluding hydrogens is 230 g/mol. The fourth-order valence-electron chi connectivity index (χ4n) is 2.12. The zero-order valence-electron chi connectivity index (χ0n) is 10.8. The summed E-state index contributed by atoms with van der Waals surface area (Å²) in [4.78, 5) is 20.0. The lowest BCUT2D eigenvalue weighted by molar-refractivity contribution is -0.139. The van der Waals surface area contributed by atoms with Gasteiger partial charge >= 0.3 is 0 Å². The number of hydrogen-bond acceptors (Lipinski definition) is 4. The summed E-state index contributed by atoms with van der Waals surface area (Å²) in [5.41, 5.74) is 0.995. The lowest BCUT2D eigenvalue weighted by Crippen LogP contribution is -2.51. The predicted octanol–water partition coefficient (Wildman–Crippen LogP) is 0.419. The molecule has 98 valence electrons. The first-order valence-electron chi connectivity index (χ1n) is 6.23. The molecule has 2 heterocycles. The molecule has 1 fully saturated rings. The second-order valence-electron chi connectivity index (χ2n) is 4.63. The Labute approximate surface area is 107 Å². The molecule has 0 radical (unpaired) electrons. The highest BCUT2D eigenvalue weighted by atomic mass is 16.3. The van der Waals surface area contributed by atoms with Crippen LogP contribution in [0.1, 0.15) is 12.6 Å². The maximum atomic E-state index is 11.6. The number of carbonyl (C=O) groups is 1. The number of aryl methyl sites for hydroxylation is 1.